The molecule has 1 saturated carbocycles. The number of rotatable bonds is 3. The molecule has 0 bridgehead atoms. The number of hydrogen-bond acceptors (Lipinski definition) is 3. The van der Waals surface area contributed by atoms with Crippen LogP contribution in [-0.2, 0) is 15.0 Å². The van der Waals surface area contributed by atoms with Gasteiger partial charge < -0.3 is 15.1 Å². The molecule has 1 aromatic carbocycles. The maximum Gasteiger partial charge on any atom is 0.236 e. The van der Waals surface area contributed by atoms with E-state index in [4.69, 9.17) is 0 Å². The summed E-state index contributed by atoms with van der Waals surface area (Å²) in [4.78, 5) is 30.0. The number of benzene rings is 1. The van der Waals surface area contributed by atoms with Crippen molar-refractivity contribution in [1.29, 1.82) is 0 Å². The molecule has 3 fully saturated rings. The minimum atomic E-state index is -0.351. The van der Waals surface area contributed by atoms with Gasteiger partial charge in [-0.25, -0.2) is 0 Å². The van der Waals surface area contributed by atoms with Crippen LogP contribution in [0.4, 0.5) is 0 Å². The van der Waals surface area contributed by atoms with Crippen LogP contribution in [0, 0.1) is 0 Å². The summed E-state index contributed by atoms with van der Waals surface area (Å²) in [6.45, 7) is 3.56. The van der Waals surface area contributed by atoms with E-state index in [0.717, 1.165) is 58.2 Å². The molecule has 1 atom stereocenters. The van der Waals surface area contributed by atoms with Crippen LogP contribution < -0.4 is 5.32 Å². The lowest BCUT2D eigenvalue weighted by atomic mass is 9.77. The molecular formula is C21H29N3O2. The third-order valence-corrected chi connectivity index (χ3v) is 6.44. The highest BCUT2D eigenvalue weighted by Gasteiger charge is 2.46. The second-order valence-electron chi connectivity index (χ2n) is 7.97. The molecule has 1 aromatic rings. The molecule has 3 aliphatic rings. The number of carbonyl (C=O) groups is 2. The number of likely N-dealkylation sites (tertiary alicyclic amines) is 1. The fourth-order valence-electron chi connectivity index (χ4n) is 5.07. The van der Waals surface area contributed by atoms with Gasteiger partial charge >= 0.3 is 0 Å². The Hall–Kier alpha value is -1.88. The van der Waals surface area contributed by atoms with Gasteiger partial charge in [-0.2, -0.15) is 0 Å². The fourth-order valence-corrected chi connectivity index (χ4v) is 5.07. The van der Waals surface area contributed by atoms with Gasteiger partial charge in [-0.3, -0.25) is 9.59 Å². The molecule has 2 saturated heterocycles. The maximum atomic E-state index is 13.6. The molecular weight excluding hydrogens is 326 g/mol. The van der Waals surface area contributed by atoms with Crippen molar-refractivity contribution in [3.8, 4) is 0 Å². The first-order valence-corrected chi connectivity index (χ1v) is 10.1. The normalized spacial score (nSPS) is 26.2. The Morgan fingerprint density at radius 1 is 1.08 bits per heavy atom. The smallest absolute Gasteiger partial charge is 0.236 e. The highest BCUT2D eigenvalue weighted by molar-refractivity contribution is 5.89. The van der Waals surface area contributed by atoms with Crippen LogP contribution in [0.2, 0.25) is 0 Å². The zero-order chi connectivity index (χ0) is 18.0. The zero-order valence-corrected chi connectivity index (χ0v) is 15.5. The van der Waals surface area contributed by atoms with E-state index in [2.05, 4.69) is 22.3 Å². The number of nitrogens with one attached hydrogen (secondary N) is 1. The van der Waals surface area contributed by atoms with Crippen molar-refractivity contribution in [1.82, 2.24) is 15.1 Å². The Bertz CT molecular complexity index is 654. The topological polar surface area (TPSA) is 52.7 Å². The van der Waals surface area contributed by atoms with Crippen LogP contribution in [-0.4, -0.2) is 60.4 Å². The molecule has 5 nitrogen and oxygen atoms in total. The fraction of sp³-hybridized carbons (Fsp3) is 0.619. The van der Waals surface area contributed by atoms with Crippen molar-refractivity contribution in [2.45, 2.75) is 50.0 Å². The average Bonchev–Trinajstić information content (AvgIpc) is 3.20. The van der Waals surface area contributed by atoms with Gasteiger partial charge in [-0.1, -0.05) is 43.2 Å². The molecule has 0 spiro atoms. The van der Waals surface area contributed by atoms with Crippen molar-refractivity contribution < 1.29 is 9.59 Å². The van der Waals surface area contributed by atoms with Crippen molar-refractivity contribution in [2.24, 2.45) is 0 Å². The molecule has 2 aliphatic heterocycles. The summed E-state index contributed by atoms with van der Waals surface area (Å²) in [6, 6.07) is 10.5. The molecule has 1 N–H and O–H groups in total. The van der Waals surface area contributed by atoms with E-state index < -0.39 is 0 Å². The Balaban J connectivity index is 1.54. The minimum absolute atomic E-state index is 0.175. The molecule has 0 aromatic heterocycles. The van der Waals surface area contributed by atoms with Crippen LogP contribution >= 0.6 is 0 Å². The summed E-state index contributed by atoms with van der Waals surface area (Å²) in [6.07, 6.45) is 6.13. The van der Waals surface area contributed by atoms with Crippen molar-refractivity contribution in [3.05, 3.63) is 35.9 Å². The molecule has 1 unspecified atom stereocenters. The first-order chi connectivity index (χ1) is 12.7. The highest BCUT2D eigenvalue weighted by Crippen LogP contribution is 2.43. The number of amides is 2. The predicted octanol–water partition coefficient (Wildman–Crippen LogP) is 1.92. The first kappa shape index (κ1) is 17.5. The number of piperazine rings is 1. The minimum Gasteiger partial charge on any atom is -0.340 e. The van der Waals surface area contributed by atoms with E-state index in [1.54, 1.807) is 0 Å². The molecule has 1 aliphatic carbocycles. The van der Waals surface area contributed by atoms with Gasteiger partial charge in [-0.05, 0) is 31.2 Å². The van der Waals surface area contributed by atoms with Crippen LogP contribution in [0.1, 0.15) is 44.1 Å². The Morgan fingerprint density at radius 2 is 1.85 bits per heavy atom. The van der Waals surface area contributed by atoms with Crippen LogP contribution in [0.25, 0.3) is 0 Å². The van der Waals surface area contributed by atoms with E-state index in [9.17, 15) is 9.59 Å². The van der Waals surface area contributed by atoms with Gasteiger partial charge in [0.2, 0.25) is 11.8 Å². The molecule has 4 rings (SSSR count). The van der Waals surface area contributed by atoms with Crippen LogP contribution in [0.15, 0.2) is 30.3 Å². The van der Waals surface area contributed by atoms with Gasteiger partial charge in [-0.15, -0.1) is 0 Å². The lowest BCUT2D eigenvalue weighted by Crippen LogP contribution is -2.59. The highest BCUT2D eigenvalue weighted by atomic mass is 16.2. The van der Waals surface area contributed by atoms with Gasteiger partial charge in [0.15, 0.2) is 0 Å². The van der Waals surface area contributed by atoms with Gasteiger partial charge in [0, 0.05) is 32.2 Å². The molecule has 26 heavy (non-hydrogen) atoms. The van der Waals surface area contributed by atoms with Gasteiger partial charge in [0.05, 0.1) is 12.0 Å². The third-order valence-electron chi connectivity index (χ3n) is 6.44. The van der Waals surface area contributed by atoms with Crippen LogP contribution in [0.3, 0.4) is 0 Å². The van der Waals surface area contributed by atoms with Crippen molar-refractivity contribution in [2.75, 3.05) is 32.7 Å². The molecule has 0 radical (unpaired) electrons. The Kier molecular flexibility index (Phi) is 4.98. The van der Waals surface area contributed by atoms with E-state index in [-0.39, 0.29) is 23.3 Å². The van der Waals surface area contributed by atoms with Crippen LogP contribution in [0.5, 0.6) is 0 Å². The lowest BCUT2D eigenvalue weighted by Gasteiger charge is -2.43. The zero-order valence-electron chi connectivity index (χ0n) is 15.5. The molecule has 140 valence electrons. The van der Waals surface area contributed by atoms with E-state index >= 15 is 0 Å². The first-order valence-electron chi connectivity index (χ1n) is 10.1. The SMILES string of the molecule is O=C1CNCCN1C1CCCN(C(=O)C2(c3ccccc3)CCCC2)C1. The monoisotopic (exact) mass is 355 g/mol. The summed E-state index contributed by atoms with van der Waals surface area (Å²) >= 11 is 0. The second-order valence-corrected chi connectivity index (χ2v) is 7.97. The summed E-state index contributed by atoms with van der Waals surface area (Å²) in [5.41, 5.74) is 0.819. The summed E-state index contributed by atoms with van der Waals surface area (Å²) < 4.78 is 0. The average molecular weight is 355 g/mol. The Labute approximate surface area is 155 Å². The summed E-state index contributed by atoms with van der Waals surface area (Å²) in [7, 11) is 0. The number of carbonyl (C=O) groups excluding carboxylic acids is 2. The standard InChI is InChI=1S/C21H29N3O2/c25-19-15-22-12-14-24(19)18-9-6-13-23(16-18)20(26)21(10-4-5-11-21)17-7-2-1-3-8-17/h1-3,7-8,18,22H,4-6,9-16H2. The molecule has 5 heteroatoms. The van der Waals surface area contributed by atoms with E-state index in [0.29, 0.717) is 13.1 Å². The van der Waals surface area contributed by atoms with Gasteiger partial charge in [0.25, 0.3) is 0 Å². The lowest BCUT2D eigenvalue weighted by molar-refractivity contribution is -0.143. The van der Waals surface area contributed by atoms with E-state index in [1.807, 2.05) is 23.1 Å². The second kappa shape index (κ2) is 7.39. The van der Waals surface area contributed by atoms with E-state index in [1.165, 1.54) is 5.56 Å². The summed E-state index contributed by atoms with van der Waals surface area (Å²) in [5, 5.41) is 3.14. The molecule has 2 amide bonds. The number of nitrogens with zero attached hydrogens (tertiary/aromatic N) is 2. The number of piperidine rings is 1. The largest absolute Gasteiger partial charge is 0.340 e. The van der Waals surface area contributed by atoms with Crippen molar-refractivity contribution in [3.63, 3.8) is 0 Å². The third kappa shape index (κ3) is 3.13. The van der Waals surface area contributed by atoms with Gasteiger partial charge in [0.1, 0.15) is 0 Å². The van der Waals surface area contributed by atoms with Crippen molar-refractivity contribution >= 4 is 11.8 Å². The summed E-state index contributed by atoms with van der Waals surface area (Å²) in [5.74, 6) is 0.461. The quantitative estimate of drug-likeness (QED) is 0.901. The number of hydrogen-bond donors (Lipinski definition) is 1. The predicted molar refractivity (Wildman–Crippen MR) is 101 cm³/mol. The molecule has 2 heterocycles. The Morgan fingerprint density at radius 3 is 2.58 bits per heavy atom. The maximum absolute atomic E-state index is 13.6.